The first kappa shape index (κ1) is 17.7. The lowest BCUT2D eigenvalue weighted by Gasteiger charge is -2.08. The fraction of sp³-hybridized carbons (Fsp3) is 0.0455. The van der Waals surface area contributed by atoms with Crippen molar-refractivity contribution in [3.63, 3.8) is 0 Å². The maximum absolute atomic E-state index is 13.3. The van der Waals surface area contributed by atoms with Crippen molar-refractivity contribution < 1.29 is 0 Å². The fourth-order valence-electron chi connectivity index (χ4n) is 3.08. The van der Waals surface area contributed by atoms with Crippen LogP contribution in [-0.4, -0.2) is 9.13 Å². The molecule has 1 heterocycles. The number of imidazole rings is 1. The third-order valence-electron chi connectivity index (χ3n) is 4.39. The van der Waals surface area contributed by atoms with E-state index in [0.717, 1.165) is 28.2 Å². The van der Waals surface area contributed by atoms with E-state index in [9.17, 15) is 4.79 Å². The molecule has 0 fully saturated rings. The summed E-state index contributed by atoms with van der Waals surface area (Å²) in [6.45, 7) is 2.03. The topological polar surface area (TPSA) is 26.9 Å². The molecule has 134 valence electrons. The molecule has 27 heavy (non-hydrogen) atoms. The zero-order valence-electron chi connectivity index (χ0n) is 14.6. The number of benzene rings is 3. The van der Waals surface area contributed by atoms with Gasteiger partial charge < -0.3 is 0 Å². The van der Waals surface area contributed by atoms with Crippen molar-refractivity contribution in [2.75, 3.05) is 0 Å². The second-order valence-electron chi connectivity index (χ2n) is 6.32. The summed E-state index contributed by atoms with van der Waals surface area (Å²) in [5.41, 5.74) is 4.26. The van der Waals surface area contributed by atoms with Crippen molar-refractivity contribution in [1.29, 1.82) is 0 Å². The SMILES string of the molecule is Cc1cccc(-c2cn(-c3ccc(Cl)cc3)c(=O)n2-c2ccc(Cl)cc2)c1. The molecule has 3 nitrogen and oxygen atoms in total. The number of aromatic nitrogens is 2. The minimum Gasteiger partial charge on any atom is -0.267 e. The minimum absolute atomic E-state index is 0.156. The lowest BCUT2D eigenvalue weighted by molar-refractivity contribution is 0.911. The van der Waals surface area contributed by atoms with Gasteiger partial charge in [-0.25, -0.2) is 4.79 Å². The van der Waals surface area contributed by atoms with Gasteiger partial charge in [-0.2, -0.15) is 0 Å². The molecule has 0 saturated carbocycles. The van der Waals surface area contributed by atoms with Crippen molar-refractivity contribution in [2.45, 2.75) is 6.92 Å². The van der Waals surface area contributed by atoms with Gasteiger partial charge in [0.15, 0.2) is 0 Å². The molecule has 0 aliphatic rings. The number of halogens is 2. The van der Waals surface area contributed by atoms with Crippen LogP contribution in [0.4, 0.5) is 0 Å². The van der Waals surface area contributed by atoms with Crippen molar-refractivity contribution >= 4 is 23.2 Å². The molecule has 0 aliphatic heterocycles. The minimum atomic E-state index is -0.156. The maximum atomic E-state index is 13.3. The van der Waals surface area contributed by atoms with Crippen LogP contribution in [0.5, 0.6) is 0 Å². The van der Waals surface area contributed by atoms with Crippen LogP contribution in [0.2, 0.25) is 10.0 Å². The molecule has 0 saturated heterocycles. The third kappa shape index (κ3) is 3.44. The molecule has 0 radical (unpaired) electrons. The van der Waals surface area contributed by atoms with Gasteiger partial charge in [0.2, 0.25) is 0 Å². The van der Waals surface area contributed by atoms with Crippen molar-refractivity contribution in [3.8, 4) is 22.6 Å². The van der Waals surface area contributed by atoms with Crippen LogP contribution in [0.15, 0.2) is 83.8 Å². The Labute approximate surface area is 167 Å². The monoisotopic (exact) mass is 394 g/mol. The predicted molar refractivity (Wildman–Crippen MR) is 112 cm³/mol. The molecule has 0 spiro atoms. The van der Waals surface area contributed by atoms with Gasteiger partial charge in [-0.15, -0.1) is 0 Å². The lowest BCUT2D eigenvalue weighted by atomic mass is 10.1. The molecule has 0 bridgehead atoms. The number of hydrogen-bond donors (Lipinski definition) is 0. The molecule has 0 unspecified atom stereocenters. The summed E-state index contributed by atoms with van der Waals surface area (Å²) < 4.78 is 3.32. The van der Waals surface area contributed by atoms with Crippen LogP contribution in [0.25, 0.3) is 22.6 Å². The van der Waals surface area contributed by atoms with Gasteiger partial charge >= 0.3 is 5.69 Å². The summed E-state index contributed by atoms with van der Waals surface area (Å²) in [6.07, 6.45) is 1.86. The van der Waals surface area contributed by atoms with E-state index in [4.69, 9.17) is 23.2 Å². The van der Waals surface area contributed by atoms with Gasteiger partial charge in [0.25, 0.3) is 0 Å². The lowest BCUT2D eigenvalue weighted by Crippen LogP contribution is -2.22. The quantitative estimate of drug-likeness (QED) is 0.424. The Hall–Kier alpha value is -2.75. The van der Waals surface area contributed by atoms with Gasteiger partial charge in [-0.3, -0.25) is 9.13 Å². The highest BCUT2D eigenvalue weighted by Gasteiger charge is 2.16. The van der Waals surface area contributed by atoms with Gasteiger partial charge in [0.1, 0.15) is 0 Å². The van der Waals surface area contributed by atoms with Crippen molar-refractivity contribution in [3.05, 3.63) is 105 Å². The van der Waals surface area contributed by atoms with Gasteiger partial charge in [0, 0.05) is 21.8 Å². The highest BCUT2D eigenvalue weighted by molar-refractivity contribution is 6.30. The molecule has 0 aliphatic carbocycles. The van der Waals surface area contributed by atoms with E-state index in [0.29, 0.717) is 10.0 Å². The van der Waals surface area contributed by atoms with E-state index in [1.165, 1.54) is 0 Å². The largest absolute Gasteiger partial charge is 0.337 e. The molecule has 4 rings (SSSR count). The van der Waals surface area contributed by atoms with Crippen LogP contribution in [0.3, 0.4) is 0 Å². The Balaban J connectivity index is 1.98. The Kier molecular flexibility index (Phi) is 4.65. The first-order valence-electron chi connectivity index (χ1n) is 8.46. The first-order chi connectivity index (χ1) is 13.0. The Morgan fingerprint density at radius 3 is 1.96 bits per heavy atom. The fourth-order valence-corrected chi connectivity index (χ4v) is 3.33. The Bertz CT molecular complexity index is 1160. The molecule has 0 amide bonds. The van der Waals surface area contributed by atoms with Gasteiger partial charge in [-0.05, 0) is 61.5 Å². The van der Waals surface area contributed by atoms with Crippen LogP contribution < -0.4 is 5.69 Å². The van der Waals surface area contributed by atoms with Crippen LogP contribution in [0, 0.1) is 6.92 Å². The number of aryl methyl sites for hydroxylation is 1. The highest BCUT2D eigenvalue weighted by atomic mass is 35.5. The molecule has 3 aromatic carbocycles. The van der Waals surface area contributed by atoms with E-state index >= 15 is 0 Å². The maximum Gasteiger partial charge on any atom is 0.337 e. The summed E-state index contributed by atoms with van der Waals surface area (Å²) in [5.74, 6) is 0. The summed E-state index contributed by atoms with van der Waals surface area (Å²) in [5, 5.41) is 1.25. The molecule has 0 atom stereocenters. The summed E-state index contributed by atoms with van der Waals surface area (Å²) in [7, 11) is 0. The second-order valence-corrected chi connectivity index (χ2v) is 7.20. The number of rotatable bonds is 3. The average molecular weight is 395 g/mol. The van der Waals surface area contributed by atoms with Gasteiger partial charge in [0.05, 0.1) is 17.1 Å². The van der Waals surface area contributed by atoms with Crippen LogP contribution >= 0.6 is 23.2 Å². The van der Waals surface area contributed by atoms with E-state index in [2.05, 4.69) is 6.07 Å². The standard InChI is InChI=1S/C22H16Cl2N2O/c1-15-3-2-4-16(13-15)21-14-25(19-9-5-17(23)6-10-19)22(27)26(21)20-11-7-18(24)8-12-20/h2-14H,1H3. The molecule has 5 heteroatoms. The summed E-state index contributed by atoms with van der Waals surface area (Å²) in [4.78, 5) is 13.3. The van der Waals surface area contributed by atoms with E-state index in [1.54, 1.807) is 33.4 Å². The molecule has 1 aromatic heterocycles. The normalized spacial score (nSPS) is 10.9. The van der Waals surface area contributed by atoms with E-state index < -0.39 is 0 Å². The average Bonchev–Trinajstić information content (AvgIpc) is 3.00. The number of hydrogen-bond acceptors (Lipinski definition) is 1. The summed E-state index contributed by atoms with van der Waals surface area (Å²) >= 11 is 12.0. The van der Waals surface area contributed by atoms with Crippen molar-refractivity contribution in [2.24, 2.45) is 0 Å². The summed E-state index contributed by atoms with van der Waals surface area (Å²) in [6, 6.07) is 22.5. The van der Waals surface area contributed by atoms with E-state index in [-0.39, 0.29) is 5.69 Å². The predicted octanol–water partition coefficient (Wildman–Crippen LogP) is 5.91. The molecular weight excluding hydrogens is 379 g/mol. The molecular formula is C22H16Cl2N2O. The Morgan fingerprint density at radius 2 is 1.37 bits per heavy atom. The highest BCUT2D eigenvalue weighted by Crippen LogP contribution is 2.25. The van der Waals surface area contributed by atoms with Crippen LogP contribution in [0.1, 0.15) is 5.56 Å². The van der Waals surface area contributed by atoms with Gasteiger partial charge in [-0.1, -0.05) is 47.0 Å². The number of nitrogens with zero attached hydrogens (tertiary/aromatic N) is 2. The van der Waals surface area contributed by atoms with Crippen LogP contribution in [-0.2, 0) is 0 Å². The smallest absolute Gasteiger partial charge is 0.267 e. The van der Waals surface area contributed by atoms with E-state index in [1.807, 2.05) is 55.6 Å². The third-order valence-corrected chi connectivity index (χ3v) is 4.90. The first-order valence-corrected chi connectivity index (χ1v) is 9.22. The molecule has 0 N–H and O–H groups in total. The van der Waals surface area contributed by atoms with Crippen molar-refractivity contribution in [1.82, 2.24) is 9.13 Å². The molecule has 4 aromatic rings. The zero-order chi connectivity index (χ0) is 19.0. The zero-order valence-corrected chi connectivity index (χ0v) is 16.1. The Morgan fingerprint density at radius 1 is 0.778 bits per heavy atom. The second kappa shape index (κ2) is 7.10.